The van der Waals surface area contributed by atoms with Crippen LogP contribution in [0.15, 0.2) is 65.7 Å². The van der Waals surface area contributed by atoms with E-state index in [2.05, 4.69) is 0 Å². The van der Waals surface area contributed by atoms with Crippen LogP contribution in [0.3, 0.4) is 0 Å². The highest BCUT2D eigenvalue weighted by atomic mass is 32.1. The Labute approximate surface area is 159 Å². The minimum absolute atomic E-state index is 0.180. The van der Waals surface area contributed by atoms with Crippen LogP contribution in [0.25, 0.3) is 6.08 Å². The molecule has 1 aliphatic heterocycles. The molecule has 0 aliphatic carbocycles. The summed E-state index contributed by atoms with van der Waals surface area (Å²) in [6.07, 6.45) is 1.65. The van der Waals surface area contributed by atoms with E-state index >= 15 is 0 Å². The monoisotopic (exact) mass is 378 g/mol. The van der Waals surface area contributed by atoms with Crippen molar-refractivity contribution in [1.29, 1.82) is 0 Å². The number of ketones is 1. The molecule has 6 heteroatoms. The fraction of sp³-hybridized carbons (Fsp3) is 0.0476. The highest BCUT2D eigenvalue weighted by Crippen LogP contribution is 2.34. The Morgan fingerprint density at radius 1 is 1.07 bits per heavy atom. The first-order chi connectivity index (χ1) is 13.1. The molecule has 0 atom stereocenters. The van der Waals surface area contributed by atoms with Crippen molar-refractivity contribution in [2.24, 2.45) is 0 Å². The zero-order valence-corrected chi connectivity index (χ0v) is 15.1. The van der Waals surface area contributed by atoms with Crippen molar-refractivity contribution in [3.8, 4) is 17.2 Å². The summed E-state index contributed by atoms with van der Waals surface area (Å²) in [4.78, 5) is 24.9. The number of fused-ring (bicyclic) bond motifs is 1. The van der Waals surface area contributed by atoms with E-state index in [1.165, 1.54) is 11.3 Å². The van der Waals surface area contributed by atoms with Crippen LogP contribution in [0.2, 0.25) is 0 Å². The summed E-state index contributed by atoms with van der Waals surface area (Å²) < 4.78 is 16.1. The SMILES string of the molecule is COc1ccc2c(c1)O/C(=C\c1ccc(OC(=O)c3cccs3)cc1)C2=O. The molecule has 0 unspecified atom stereocenters. The first kappa shape index (κ1) is 17.1. The molecule has 0 saturated heterocycles. The Kier molecular flexibility index (Phi) is 4.48. The number of thiophene rings is 1. The standard InChI is InChI=1S/C21H14O5S/c1-24-15-8-9-16-17(12-15)26-18(20(16)22)11-13-4-6-14(7-5-13)25-21(23)19-3-2-10-27-19/h2-12H,1H3/b18-11-. The van der Waals surface area contributed by atoms with Crippen LogP contribution in [-0.4, -0.2) is 18.9 Å². The van der Waals surface area contributed by atoms with E-state index < -0.39 is 5.97 Å². The van der Waals surface area contributed by atoms with E-state index in [0.29, 0.717) is 27.7 Å². The van der Waals surface area contributed by atoms with Gasteiger partial charge in [0.2, 0.25) is 5.78 Å². The van der Waals surface area contributed by atoms with Gasteiger partial charge >= 0.3 is 5.97 Å². The molecule has 0 saturated carbocycles. The fourth-order valence-corrected chi connectivity index (χ4v) is 3.23. The predicted octanol–water partition coefficient (Wildman–Crippen LogP) is 4.59. The quantitative estimate of drug-likeness (QED) is 0.377. The fourth-order valence-electron chi connectivity index (χ4n) is 2.63. The van der Waals surface area contributed by atoms with Crippen molar-refractivity contribution >= 4 is 29.2 Å². The highest BCUT2D eigenvalue weighted by Gasteiger charge is 2.27. The van der Waals surface area contributed by atoms with Crippen molar-refractivity contribution in [2.45, 2.75) is 0 Å². The van der Waals surface area contributed by atoms with Gasteiger partial charge in [-0.05, 0) is 47.4 Å². The molecule has 134 valence electrons. The zero-order valence-electron chi connectivity index (χ0n) is 14.3. The topological polar surface area (TPSA) is 61.8 Å². The molecule has 5 nitrogen and oxygen atoms in total. The number of rotatable bonds is 4. The third kappa shape index (κ3) is 3.47. The molecular formula is C21H14O5S. The number of hydrogen-bond donors (Lipinski definition) is 0. The van der Waals surface area contributed by atoms with Crippen molar-refractivity contribution in [1.82, 2.24) is 0 Å². The molecule has 27 heavy (non-hydrogen) atoms. The minimum Gasteiger partial charge on any atom is -0.497 e. The van der Waals surface area contributed by atoms with E-state index in [1.54, 1.807) is 67.8 Å². The minimum atomic E-state index is -0.394. The Balaban J connectivity index is 1.50. The zero-order chi connectivity index (χ0) is 18.8. The van der Waals surface area contributed by atoms with Gasteiger partial charge in [-0.15, -0.1) is 11.3 Å². The Hall–Kier alpha value is -3.38. The average Bonchev–Trinajstić information content (AvgIpc) is 3.32. The third-order valence-electron chi connectivity index (χ3n) is 3.99. The summed E-state index contributed by atoms with van der Waals surface area (Å²) in [5, 5.41) is 1.82. The van der Waals surface area contributed by atoms with Crippen molar-refractivity contribution in [3.63, 3.8) is 0 Å². The van der Waals surface area contributed by atoms with E-state index in [0.717, 1.165) is 5.56 Å². The van der Waals surface area contributed by atoms with Crippen LogP contribution in [0.4, 0.5) is 0 Å². The molecule has 0 radical (unpaired) electrons. The highest BCUT2D eigenvalue weighted by molar-refractivity contribution is 7.12. The van der Waals surface area contributed by atoms with Crippen LogP contribution in [0.1, 0.15) is 25.6 Å². The summed E-state index contributed by atoms with van der Waals surface area (Å²) >= 11 is 1.32. The second kappa shape index (κ2) is 7.09. The van der Waals surface area contributed by atoms with Crippen LogP contribution in [0, 0.1) is 0 Å². The predicted molar refractivity (Wildman–Crippen MR) is 102 cm³/mol. The number of carbonyl (C=O) groups excluding carboxylic acids is 2. The molecule has 0 fully saturated rings. The van der Waals surface area contributed by atoms with E-state index in [9.17, 15) is 9.59 Å². The van der Waals surface area contributed by atoms with Gasteiger partial charge in [-0.1, -0.05) is 18.2 Å². The molecule has 2 heterocycles. The first-order valence-electron chi connectivity index (χ1n) is 8.12. The van der Waals surface area contributed by atoms with Gasteiger partial charge in [-0.3, -0.25) is 4.79 Å². The maximum absolute atomic E-state index is 12.4. The van der Waals surface area contributed by atoms with Crippen molar-refractivity contribution in [3.05, 3.63) is 81.7 Å². The van der Waals surface area contributed by atoms with Gasteiger partial charge in [0, 0.05) is 6.07 Å². The summed E-state index contributed by atoms with van der Waals surface area (Å²) in [6.45, 7) is 0. The van der Waals surface area contributed by atoms with Crippen molar-refractivity contribution in [2.75, 3.05) is 7.11 Å². The number of ether oxygens (including phenoxy) is 3. The molecular weight excluding hydrogens is 364 g/mol. The van der Waals surface area contributed by atoms with Gasteiger partial charge in [0.25, 0.3) is 0 Å². The molecule has 3 aromatic rings. The maximum atomic E-state index is 12.4. The van der Waals surface area contributed by atoms with Gasteiger partial charge in [-0.2, -0.15) is 0 Å². The van der Waals surface area contributed by atoms with Gasteiger partial charge in [-0.25, -0.2) is 4.79 Å². The second-order valence-electron chi connectivity index (χ2n) is 5.74. The smallest absolute Gasteiger partial charge is 0.353 e. The number of hydrogen-bond acceptors (Lipinski definition) is 6. The molecule has 1 aromatic heterocycles. The van der Waals surface area contributed by atoms with Crippen LogP contribution >= 0.6 is 11.3 Å². The summed E-state index contributed by atoms with van der Waals surface area (Å²) in [5.41, 5.74) is 1.26. The number of methoxy groups -OCH3 is 1. The summed E-state index contributed by atoms with van der Waals surface area (Å²) in [5.74, 6) is 1.20. The van der Waals surface area contributed by atoms with Crippen LogP contribution < -0.4 is 14.2 Å². The Morgan fingerprint density at radius 2 is 1.85 bits per heavy atom. The lowest BCUT2D eigenvalue weighted by Gasteiger charge is -2.03. The molecule has 0 N–H and O–H groups in total. The Morgan fingerprint density at radius 3 is 2.56 bits per heavy atom. The summed E-state index contributed by atoms with van der Waals surface area (Å²) in [6, 6.07) is 15.4. The number of esters is 1. The number of Topliss-reactive ketones (excluding diaryl/α,β-unsaturated/α-hetero) is 1. The lowest BCUT2D eigenvalue weighted by Crippen LogP contribution is -2.06. The molecule has 2 aromatic carbocycles. The normalized spacial score (nSPS) is 14.0. The van der Waals surface area contributed by atoms with Gasteiger partial charge in [0.05, 0.1) is 12.7 Å². The molecule has 4 rings (SSSR count). The number of benzene rings is 2. The van der Waals surface area contributed by atoms with Gasteiger partial charge in [0.15, 0.2) is 5.76 Å². The summed E-state index contributed by atoms with van der Waals surface area (Å²) in [7, 11) is 1.56. The van der Waals surface area contributed by atoms with Crippen LogP contribution in [-0.2, 0) is 0 Å². The first-order valence-corrected chi connectivity index (χ1v) is 9.00. The number of allylic oxidation sites excluding steroid dienone is 1. The third-order valence-corrected chi connectivity index (χ3v) is 4.84. The van der Waals surface area contributed by atoms with E-state index in [4.69, 9.17) is 14.2 Å². The second-order valence-corrected chi connectivity index (χ2v) is 6.69. The van der Waals surface area contributed by atoms with E-state index in [1.807, 2.05) is 5.38 Å². The molecule has 1 aliphatic rings. The van der Waals surface area contributed by atoms with Crippen molar-refractivity contribution < 1.29 is 23.8 Å². The molecule has 0 spiro atoms. The maximum Gasteiger partial charge on any atom is 0.353 e. The molecule has 0 bridgehead atoms. The van der Waals surface area contributed by atoms with E-state index in [-0.39, 0.29) is 11.5 Å². The van der Waals surface area contributed by atoms with Gasteiger partial charge in [0.1, 0.15) is 22.1 Å². The average molecular weight is 378 g/mol. The largest absolute Gasteiger partial charge is 0.497 e. The lowest BCUT2D eigenvalue weighted by molar-refractivity contribution is 0.0739. The van der Waals surface area contributed by atoms with Crippen LogP contribution in [0.5, 0.6) is 17.2 Å². The molecule has 0 amide bonds. The lowest BCUT2D eigenvalue weighted by atomic mass is 10.1. The van der Waals surface area contributed by atoms with Gasteiger partial charge < -0.3 is 14.2 Å². The number of carbonyl (C=O) groups is 2. The Bertz CT molecular complexity index is 1030.